The highest BCUT2D eigenvalue weighted by Gasteiger charge is 2.60. The summed E-state index contributed by atoms with van der Waals surface area (Å²) in [5, 5.41) is 7.12. The third-order valence-electron chi connectivity index (χ3n) is 13.4. The van der Waals surface area contributed by atoms with Crippen LogP contribution in [-0.4, -0.2) is 93.5 Å². The van der Waals surface area contributed by atoms with Gasteiger partial charge in [-0.05, 0) is 121 Å². The summed E-state index contributed by atoms with van der Waals surface area (Å²) in [7, 11) is 0. The molecule has 258 valence electrons. The lowest BCUT2D eigenvalue weighted by molar-refractivity contribution is -0.137. The molecule has 1 aromatic carbocycles. The number of imidazole rings is 1. The molecule has 49 heavy (non-hydrogen) atoms. The molecule has 1 spiro atoms. The van der Waals surface area contributed by atoms with E-state index in [4.69, 9.17) is 9.97 Å². The van der Waals surface area contributed by atoms with Gasteiger partial charge in [0.25, 0.3) is 0 Å². The predicted octanol–water partition coefficient (Wildman–Crippen LogP) is 4.94. The van der Waals surface area contributed by atoms with Gasteiger partial charge in [0.1, 0.15) is 5.52 Å². The Morgan fingerprint density at radius 2 is 1.73 bits per heavy atom. The minimum Gasteiger partial charge on any atom is -0.366 e. The molecule has 0 radical (unpaired) electrons. The molecule has 10 heteroatoms. The van der Waals surface area contributed by atoms with E-state index >= 15 is 0 Å². The Labute approximate surface area is 289 Å². The van der Waals surface area contributed by atoms with Crippen LogP contribution in [0, 0.1) is 17.8 Å². The summed E-state index contributed by atoms with van der Waals surface area (Å²) in [5.41, 5.74) is 5.60. The van der Waals surface area contributed by atoms with E-state index in [1.165, 1.54) is 45.2 Å². The van der Waals surface area contributed by atoms with Crippen LogP contribution in [-0.2, 0) is 15.0 Å². The first-order chi connectivity index (χ1) is 23.9. The maximum atomic E-state index is 14.9. The van der Waals surface area contributed by atoms with E-state index < -0.39 is 5.41 Å². The molecule has 2 unspecified atom stereocenters. The monoisotopic (exact) mass is 662 g/mol. The molecule has 3 aromatic rings. The molecule has 10 nitrogen and oxygen atoms in total. The standard InChI is InChI=1S/C39H50N8O2/c1-23(2)46-22-41-32-19-31(43-36(35(32)46)42-25-7-8-25)24-6-9-30-33(16-24)47(27-17-26(18-27)44-12-4-3-5-13-44)38(49)39(30)10-14-45(15-11-39)37(48)34-28-20-40-21-29(28)34/h6,9,16,19,22-23,25-29,34,40H,3-5,7-8,10-15,17-18,20-21H2,1-2H3,(H,42,43). The number of piperidine rings is 3. The maximum absolute atomic E-state index is 14.9. The van der Waals surface area contributed by atoms with E-state index in [-0.39, 0.29) is 23.9 Å². The quantitative estimate of drug-likeness (QED) is 0.370. The Hall–Kier alpha value is -3.50. The molecular formula is C39H50N8O2. The zero-order chi connectivity index (χ0) is 33.0. The SMILES string of the molecule is CC(C)n1cnc2cc(-c3ccc4c(c3)N(C3CC(N5CCCCC5)C3)C(=O)C43CCN(C(=O)C4C5CNCC54)CC3)nc(NC3CC3)c21. The van der Waals surface area contributed by atoms with Crippen LogP contribution >= 0.6 is 0 Å². The molecule has 4 aliphatic heterocycles. The zero-order valence-electron chi connectivity index (χ0n) is 29.0. The van der Waals surface area contributed by atoms with Gasteiger partial charge in [0.05, 0.1) is 23.0 Å². The topological polar surface area (TPSA) is 98.6 Å². The van der Waals surface area contributed by atoms with E-state index in [9.17, 15) is 9.59 Å². The van der Waals surface area contributed by atoms with Crippen molar-refractivity contribution in [3.05, 3.63) is 36.2 Å². The number of hydrogen-bond donors (Lipinski definition) is 2. The second-order valence-corrected chi connectivity index (χ2v) is 16.6. The number of nitrogens with zero attached hydrogens (tertiary/aromatic N) is 6. The summed E-state index contributed by atoms with van der Waals surface area (Å²) in [6.45, 7) is 10.0. The second kappa shape index (κ2) is 11.3. The Balaban J connectivity index is 0.985. The molecule has 3 saturated heterocycles. The predicted molar refractivity (Wildman–Crippen MR) is 191 cm³/mol. The summed E-state index contributed by atoms with van der Waals surface area (Å²) in [6, 6.07) is 10.3. The lowest BCUT2D eigenvalue weighted by Gasteiger charge is -2.48. The number of rotatable bonds is 7. The minimum atomic E-state index is -0.562. The molecule has 10 rings (SSSR count). The Morgan fingerprint density at radius 1 is 0.980 bits per heavy atom. The van der Waals surface area contributed by atoms with Crippen molar-refractivity contribution in [1.29, 1.82) is 0 Å². The Kier molecular flexibility index (Phi) is 6.97. The van der Waals surface area contributed by atoms with Gasteiger partial charge in [0.2, 0.25) is 11.8 Å². The van der Waals surface area contributed by atoms with Gasteiger partial charge in [0, 0.05) is 54.4 Å². The normalized spacial score (nSPS) is 30.6. The van der Waals surface area contributed by atoms with E-state index in [0.717, 1.165) is 65.3 Å². The average molecular weight is 663 g/mol. The van der Waals surface area contributed by atoms with Crippen molar-refractivity contribution in [2.75, 3.05) is 49.5 Å². The average Bonchev–Trinajstić information content (AvgIpc) is 3.90. The number of likely N-dealkylation sites (tertiary alicyclic amines) is 2. The van der Waals surface area contributed by atoms with Crippen molar-refractivity contribution >= 4 is 34.4 Å². The van der Waals surface area contributed by atoms with Gasteiger partial charge < -0.3 is 29.9 Å². The van der Waals surface area contributed by atoms with Crippen LogP contribution in [0.4, 0.5) is 11.5 Å². The van der Waals surface area contributed by atoms with Crippen molar-refractivity contribution < 1.29 is 9.59 Å². The van der Waals surface area contributed by atoms with Crippen molar-refractivity contribution in [3.8, 4) is 11.3 Å². The number of carbonyl (C=O) groups excluding carboxylic acids is 2. The summed E-state index contributed by atoms with van der Waals surface area (Å²) < 4.78 is 2.21. The molecule has 2 aromatic heterocycles. The van der Waals surface area contributed by atoms with Gasteiger partial charge >= 0.3 is 0 Å². The fourth-order valence-electron chi connectivity index (χ4n) is 10.2. The van der Waals surface area contributed by atoms with Crippen LogP contribution in [0.25, 0.3) is 22.3 Å². The van der Waals surface area contributed by atoms with Crippen LogP contribution in [0.1, 0.15) is 83.2 Å². The minimum absolute atomic E-state index is 0.193. The van der Waals surface area contributed by atoms with Gasteiger partial charge in [0.15, 0.2) is 5.82 Å². The van der Waals surface area contributed by atoms with Gasteiger partial charge in [-0.15, -0.1) is 0 Å². The van der Waals surface area contributed by atoms with Gasteiger partial charge in [-0.3, -0.25) is 9.59 Å². The van der Waals surface area contributed by atoms with E-state index in [1.54, 1.807) is 0 Å². The highest BCUT2D eigenvalue weighted by atomic mass is 16.2. The Morgan fingerprint density at radius 3 is 2.45 bits per heavy atom. The molecule has 6 fully saturated rings. The van der Waals surface area contributed by atoms with Crippen molar-refractivity contribution in [2.24, 2.45) is 17.8 Å². The second-order valence-electron chi connectivity index (χ2n) is 16.6. The largest absolute Gasteiger partial charge is 0.366 e. The molecule has 7 aliphatic rings. The lowest BCUT2D eigenvalue weighted by atomic mass is 9.73. The van der Waals surface area contributed by atoms with Crippen molar-refractivity contribution in [2.45, 2.75) is 101 Å². The maximum Gasteiger partial charge on any atom is 0.238 e. The number of amides is 2. The van der Waals surface area contributed by atoms with Crippen LogP contribution in [0.15, 0.2) is 30.6 Å². The van der Waals surface area contributed by atoms with Gasteiger partial charge in [-0.25, -0.2) is 9.97 Å². The van der Waals surface area contributed by atoms with E-state index in [0.29, 0.717) is 55.8 Å². The fourth-order valence-corrected chi connectivity index (χ4v) is 10.2. The first-order valence-electron chi connectivity index (χ1n) is 19.3. The summed E-state index contributed by atoms with van der Waals surface area (Å²) in [5.74, 6) is 2.72. The van der Waals surface area contributed by atoms with Gasteiger partial charge in [-0.2, -0.15) is 0 Å². The molecule has 2 atom stereocenters. The first kappa shape index (κ1) is 30.3. The summed E-state index contributed by atoms with van der Waals surface area (Å²) in [6.07, 6.45) is 11.7. The zero-order valence-corrected chi connectivity index (χ0v) is 29.0. The number of nitrogens with one attached hydrogen (secondary N) is 2. The first-order valence-corrected chi connectivity index (χ1v) is 19.3. The van der Waals surface area contributed by atoms with Crippen LogP contribution in [0.3, 0.4) is 0 Å². The number of fused-ring (bicyclic) bond motifs is 4. The number of carbonyl (C=O) groups is 2. The van der Waals surface area contributed by atoms with E-state index in [1.807, 2.05) is 6.33 Å². The molecule has 3 saturated carbocycles. The molecule has 6 heterocycles. The van der Waals surface area contributed by atoms with Crippen LogP contribution in [0.2, 0.25) is 0 Å². The van der Waals surface area contributed by atoms with Crippen molar-refractivity contribution in [1.82, 2.24) is 29.7 Å². The number of pyridine rings is 1. The third kappa shape index (κ3) is 4.79. The third-order valence-corrected chi connectivity index (χ3v) is 13.4. The van der Waals surface area contributed by atoms with Gasteiger partial charge in [-0.1, -0.05) is 18.6 Å². The molecular weight excluding hydrogens is 612 g/mol. The van der Waals surface area contributed by atoms with Crippen molar-refractivity contribution in [3.63, 3.8) is 0 Å². The molecule has 3 aliphatic carbocycles. The lowest BCUT2D eigenvalue weighted by Crippen LogP contribution is -2.58. The highest BCUT2D eigenvalue weighted by molar-refractivity contribution is 6.09. The van der Waals surface area contributed by atoms with Crippen LogP contribution < -0.4 is 15.5 Å². The number of aromatic nitrogens is 3. The Bertz CT molecular complexity index is 1800. The fraction of sp³-hybridized carbons (Fsp3) is 0.641. The number of hydrogen-bond acceptors (Lipinski definition) is 7. The number of benzene rings is 1. The number of anilines is 2. The molecule has 2 N–H and O–H groups in total. The summed E-state index contributed by atoms with van der Waals surface area (Å²) >= 11 is 0. The smallest absolute Gasteiger partial charge is 0.238 e. The molecule has 2 amide bonds. The summed E-state index contributed by atoms with van der Waals surface area (Å²) in [4.78, 5) is 45.4. The van der Waals surface area contributed by atoms with Crippen LogP contribution in [0.5, 0.6) is 0 Å². The highest BCUT2D eigenvalue weighted by Crippen LogP contribution is 2.54. The molecule has 0 bridgehead atoms. The van der Waals surface area contributed by atoms with E-state index in [2.05, 4.69) is 68.0 Å².